The number of anilines is 1. The highest BCUT2D eigenvalue weighted by atomic mass is 35.5. The Labute approximate surface area is 260 Å². The van der Waals surface area contributed by atoms with Gasteiger partial charge in [-0.1, -0.05) is 59.6 Å². The lowest BCUT2D eigenvalue weighted by molar-refractivity contribution is -0.122. The van der Waals surface area contributed by atoms with Gasteiger partial charge >= 0.3 is 0 Å². The Hall–Kier alpha value is -4.66. The molecule has 0 radical (unpaired) electrons. The van der Waals surface area contributed by atoms with Crippen molar-refractivity contribution in [2.75, 3.05) is 25.0 Å². The molecule has 8 nitrogen and oxygen atoms in total. The predicted octanol–water partition coefficient (Wildman–Crippen LogP) is 6.14. The summed E-state index contributed by atoms with van der Waals surface area (Å²) in [6.45, 7) is 5.65. The standard InChI is InChI=1S/C33H30Cl2N4O4/c1-4-18-36-33(42)24-13-9-22(10-14-24)11-17-29(40)37-19-30(41)39(3)27-16-15-26(34)25(31(27)35)20-43-28-7-5-6-23-12-8-21(2)38-32(23)28/h4-17H,1,18-20H2,2-3H3,(H,36,42)(H,37,40). The van der Waals surface area contributed by atoms with E-state index in [4.69, 9.17) is 27.9 Å². The SMILES string of the molecule is C=CCNC(=O)c1ccc(C=CC(=O)NCC(=O)N(C)c2ccc(Cl)c(COc3cccc4ccc(C)nc34)c2Cl)cc1. The molecule has 4 rings (SSSR count). The highest BCUT2D eigenvalue weighted by Crippen LogP contribution is 2.35. The summed E-state index contributed by atoms with van der Waals surface area (Å²) >= 11 is 13.2. The molecule has 0 spiro atoms. The number of hydrogen-bond acceptors (Lipinski definition) is 5. The van der Waals surface area contributed by atoms with Crippen LogP contribution in [0.4, 0.5) is 5.69 Å². The summed E-state index contributed by atoms with van der Waals surface area (Å²) in [5, 5.41) is 6.87. The molecule has 43 heavy (non-hydrogen) atoms. The lowest BCUT2D eigenvalue weighted by Crippen LogP contribution is -2.37. The molecular weight excluding hydrogens is 587 g/mol. The number of carbonyl (C=O) groups excluding carboxylic acids is 3. The number of hydrogen-bond donors (Lipinski definition) is 2. The molecule has 0 aliphatic rings. The highest BCUT2D eigenvalue weighted by molar-refractivity contribution is 6.38. The molecule has 1 heterocycles. The van der Waals surface area contributed by atoms with E-state index < -0.39 is 5.91 Å². The molecule has 220 valence electrons. The van der Waals surface area contributed by atoms with E-state index >= 15 is 0 Å². The first kappa shape index (κ1) is 31.3. The summed E-state index contributed by atoms with van der Waals surface area (Å²) in [5.41, 5.74) is 3.74. The van der Waals surface area contributed by atoms with E-state index in [0.717, 1.165) is 22.2 Å². The van der Waals surface area contributed by atoms with E-state index in [0.29, 0.717) is 34.1 Å². The molecule has 10 heteroatoms. The molecule has 2 N–H and O–H groups in total. The zero-order valence-electron chi connectivity index (χ0n) is 23.7. The van der Waals surface area contributed by atoms with E-state index in [1.807, 2.05) is 37.3 Å². The number of fused-ring (bicyclic) bond motifs is 1. The van der Waals surface area contributed by atoms with Gasteiger partial charge in [-0.3, -0.25) is 14.4 Å². The molecule has 3 aromatic carbocycles. The van der Waals surface area contributed by atoms with Gasteiger partial charge in [0.1, 0.15) is 17.9 Å². The minimum atomic E-state index is -0.454. The largest absolute Gasteiger partial charge is 0.487 e. The fraction of sp³-hybridized carbons (Fsp3) is 0.152. The molecule has 0 aliphatic carbocycles. The lowest BCUT2D eigenvalue weighted by Gasteiger charge is -2.21. The first-order chi connectivity index (χ1) is 20.7. The monoisotopic (exact) mass is 616 g/mol. The van der Waals surface area contributed by atoms with Gasteiger partial charge in [-0.2, -0.15) is 0 Å². The number of para-hydroxylation sites is 1. The third-order valence-electron chi connectivity index (χ3n) is 6.52. The van der Waals surface area contributed by atoms with Crippen LogP contribution < -0.4 is 20.3 Å². The van der Waals surface area contributed by atoms with E-state index in [-0.39, 0.29) is 30.0 Å². The van der Waals surface area contributed by atoms with Gasteiger partial charge in [0.25, 0.3) is 5.91 Å². The summed E-state index contributed by atoms with van der Waals surface area (Å²) in [6.07, 6.45) is 4.50. The minimum absolute atomic E-state index is 0.0598. The van der Waals surface area contributed by atoms with Crippen molar-refractivity contribution >= 4 is 63.6 Å². The fourth-order valence-corrected chi connectivity index (χ4v) is 4.73. The Kier molecular flexibility index (Phi) is 10.5. The number of aromatic nitrogens is 1. The van der Waals surface area contributed by atoms with Crippen molar-refractivity contribution in [3.8, 4) is 5.75 Å². The van der Waals surface area contributed by atoms with Crippen molar-refractivity contribution in [3.05, 3.63) is 118 Å². The molecule has 0 unspecified atom stereocenters. The van der Waals surface area contributed by atoms with Crippen LogP contribution in [-0.4, -0.2) is 42.8 Å². The summed E-state index contributed by atoms with van der Waals surface area (Å²) < 4.78 is 6.07. The van der Waals surface area contributed by atoms with Crippen LogP contribution in [0.25, 0.3) is 17.0 Å². The molecule has 0 fully saturated rings. The third kappa shape index (κ3) is 8.00. The van der Waals surface area contributed by atoms with Gasteiger partial charge in [0.2, 0.25) is 11.8 Å². The number of benzene rings is 3. The molecule has 1 aromatic heterocycles. The summed E-state index contributed by atoms with van der Waals surface area (Å²) in [5.74, 6) is -0.469. The van der Waals surface area contributed by atoms with E-state index in [9.17, 15) is 14.4 Å². The van der Waals surface area contributed by atoms with Crippen LogP contribution in [0, 0.1) is 6.92 Å². The van der Waals surface area contributed by atoms with E-state index in [2.05, 4.69) is 22.2 Å². The van der Waals surface area contributed by atoms with Crippen molar-refractivity contribution < 1.29 is 19.1 Å². The Bertz CT molecular complexity index is 1700. The van der Waals surface area contributed by atoms with Crippen LogP contribution in [0.15, 0.2) is 85.5 Å². The van der Waals surface area contributed by atoms with Crippen LogP contribution in [0.5, 0.6) is 5.75 Å². The van der Waals surface area contributed by atoms with Crippen LogP contribution >= 0.6 is 23.2 Å². The Morgan fingerprint density at radius 2 is 1.77 bits per heavy atom. The maximum Gasteiger partial charge on any atom is 0.251 e. The fourth-order valence-electron chi connectivity index (χ4n) is 4.12. The third-order valence-corrected chi connectivity index (χ3v) is 7.29. The molecular formula is C33H30Cl2N4O4. The second-order valence-electron chi connectivity index (χ2n) is 9.55. The van der Waals surface area contributed by atoms with Crippen molar-refractivity contribution in [2.24, 2.45) is 0 Å². The first-order valence-corrected chi connectivity index (χ1v) is 14.1. The second-order valence-corrected chi connectivity index (χ2v) is 10.3. The van der Waals surface area contributed by atoms with Gasteiger partial charge in [-0.05, 0) is 55.0 Å². The maximum absolute atomic E-state index is 12.9. The van der Waals surface area contributed by atoms with Crippen molar-refractivity contribution in [1.82, 2.24) is 15.6 Å². The summed E-state index contributed by atoms with van der Waals surface area (Å²) in [4.78, 5) is 43.2. The smallest absolute Gasteiger partial charge is 0.251 e. The second kappa shape index (κ2) is 14.5. The quantitative estimate of drug-likeness (QED) is 0.156. The van der Waals surface area contributed by atoms with Gasteiger partial charge in [-0.25, -0.2) is 4.98 Å². The number of ether oxygens (including phenoxy) is 1. The molecule has 0 bridgehead atoms. The predicted molar refractivity (Wildman–Crippen MR) is 172 cm³/mol. The summed E-state index contributed by atoms with van der Waals surface area (Å²) in [6, 6.07) is 19.6. The molecule has 0 saturated heterocycles. The van der Waals surface area contributed by atoms with Crippen LogP contribution in [-0.2, 0) is 16.2 Å². The van der Waals surface area contributed by atoms with Gasteiger partial charge in [-0.15, -0.1) is 6.58 Å². The van der Waals surface area contributed by atoms with E-state index in [1.54, 1.807) is 55.6 Å². The lowest BCUT2D eigenvalue weighted by atomic mass is 10.1. The molecule has 3 amide bonds. The van der Waals surface area contributed by atoms with E-state index in [1.165, 1.54) is 11.0 Å². The van der Waals surface area contributed by atoms with Crippen LogP contribution in [0.1, 0.15) is 27.2 Å². The van der Waals surface area contributed by atoms with Crippen LogP contribution in [0.2, 0.25) is 10.0 Å². The number of carbonyl (C=O) groups is 3. The Morgan fingerprint density at radius 3 is 2.51 bits per heavy atom. The van der Waals surface area contributed by atoms with Gasteiger partial charge in [0.15, 0.2) is 0 Å². The number of likely N-dealkylation sites (N-methyl/N-ethyl adjacent to an activating group) is 1. The van der Waals surface area contributed by atoms with Gasteiger partial charge in [0.05, 0.1) is 17.3 Å². The molecule has 4 aromatic rings. The van der Waals surface area contributed by atoms with Gasteiger partial charge < -0.3 is 20.3 Å². The average molecular weight is 618 g/mol. The molecule has 0 atom stereocenters. The highest BCUT2D eigenvalue weighted by Gasteiger charge is 2.19. The van der Waals surface area contributed by atoms with Gasteiger partial charge in [0, 0.05) is 46.9 Å². The number of pyridine rings is 1. The maximum atomic E-state index is 12.9. The number of nitrogens with one attached hydrogen (secondary N) is 2. The number of nitrogens with zero attached hydrogens (tertiary/aromatic N) is 2. The zero-order chi connectivity index (χ0) is 30.9. The van der Waals surface area contributed by atoms with Crippen LogP contribution in [0.3, 0.4) is 0 Å². The number of halogens is 2. The first-order valence-electron chi connectivity index (χ1n) is 13.4. The average Bonchev–Trinajstić information content (AvgIpc) is 3.01. The Morgan fingerprint density at radius 1 is 1.00 bits per heavy atom. The van der Waals surface area contributed by atoms with Crippen molar-refractivity contribution in [2.45, 2.75) is 13.5 Å². The zero-order valence-corrected chi connectivity index (χ0v) is 25.2. The topological polar surface area (TPSA) is 101 Å². The molecule has 0 saturated carbocycles. The van der Waals surface area contributed by atoms with Crippen molar-refractivity contribution in [3.63, 3.8) is 0 Å². The number of amides is 3. The number of aryl methyl sites for hydroxylation is 1. The number of rotatable bonds is 11. The minimum Gasteiger partial charge on any atom is -0.487 e. The summed E-state index contributed by atoms with van der Waals surface area (Å²) in [7, 11) is 1.56. The normalized spacial score (nSPS) is 10.9. The molecule has 0 aliphatic heterocycles. The van der Waals surface area contributed by atoms with Crippen molar-refractivity contribution in [1.29, 1.82) is 0 Å². The Balaban J connectivity index is 1.36.